The Morgan fingerprint density at radius 2 is 0.469 bits per heavy atom. The molecular weight excluding hydrogens is 592 g/mol. The largest absolute Gasteiger partial charge is 0.673 e. The van der Waals surface area contributed by atoms with Gasteiger partial charge in [0.15, 0.2) is 0 Å². The standard InChI is InChI=1S/C5H5N.4BF4.5H3N.Ru/c1-2-4-6-5-3-1;4*2-1(3,4)5;;;;;;/h1-5H;;;;;5*1H3;/q;4*-1;;;;;;. The molecule has 0 aliphatic heterocycles. The molecule has 0 saturated carbocycles. The van der Waals surface area contributed by atoms with Crippen LogP contribution in [0.25, 0.3) is 0 Å². The van der Waals surface area contributed by atoms with E-state index in [0.29, 0.717) is 0 Å². The zero-order chi connectivity index (χ0) is 22.2. The first kappa shape index (κ1) is 63.2. The molecule has 0 fully saturated rings. The van der Waals surface area contributed by atoms with Crippen LogP contribution in [0.15, 0.2) is 30.6 Å². The van der Waals surface area contributed by atoms with Crippen LogP contribution in [-0.2, 0) is 19.5 Å². The molecule has 0 radical (unpaired) electrons. The molecule has 15 N–H and O–H groups in total. The van der Waals surface area contributed by atoms with Crippen molar-refractivity contribution in [3.05, 3.63) is 30.6 Å². The summed E-state index contributed by atoms with van der Waals surface area (Å²) in [6, 6.07) is 5.72. The molecule has 0 saturated heterocycles. The molecule has 0 unspecified atom stereocenters. The molecule has 32 heavy (non-hydrogen) atoms. The summed E-state index contributed by atoms with van der Waals surface area (Å²) in [6.07, 6.45) is 3.50. The van der Waals surface area contributed by atoms with Gasteiger partial charge < -0.3 is 99.8 Å². The van der Waals surface area contributed by atoms with Crippen molar-refractivity contribution in [2.24, 2.45) is 0 Å². The fourth-order valence-electron chi connectivity index (χ4n) is 0.313. The van der Waals surface area contributed by atoms with E-state index >= 15 is 0 Å². The minimum absolute atomic E-state index is 0. The van der Waals surface area contributed by atoms with Gasteiger partial charge >= 0.3 is 29.0 Å². The molecule has 6 nitrogen and oxygen atoms in total. The monoisotopic (exact) mass is 614 g/mol. The predicted molar refractivity (Wildman–Crippen MR) is 90.1 cm³/mol. The predicted octanol–water partition coefficient (Wildman–Crippen LogP) is 7.09. The molecule has 0 aliphatic carbocycles. The van der Waals surface area contributed by atoms with E-state index < -0.39 is 29.0 Å². The fourth-order valence-corrected chi connectivity index (χ4v) is 0.313. The third kappa shape index (κ3) is 993. The molecule has 27 heteroatoms. The second-order valence-corrected chi connectivity index (χ2v) is 3.00. The van der Waals surface area contributed by atoms with Gasteiger partial charge in [0.05, 0.1) is 0 Å². The summed E-state index contributed by atoms with van der Waals surface area (Å²) < 4.78 is 156. The van der Waals surface area contributed by atoms with Crippen LogP contribution in [0, 0.1) is 0 Å². The molecule has 1 aromatic heterocycles. The van der Waals surface area contributed by atoms with Crippen LogP contribution < -0.4 is 30.8 Å². The van der Waals surface area contributed by atoms with Crippen LogP contribution in [0.1, 0.15) is 0 Å². The van der Waals surface area contributed by atoms with Crippen LogP contribution in [0.4, 0.5) is 69.1 Å². The van der Waals surface area contributed by atoms with Crippen LogP contribution in [0.3, 0.4) is 0 Å². The Balaban J connectivity index is -0.0000000226. The Kier molecular flexibility index (Phi) is 58.7. The van der Waals surface area contributed by atoms with Gasteiger partial charge in [0.25, 0.3) is 0 Å². The summed E-state index contributed by atoms with van der Waals surface area (Å²) in [5, 5.41) is 0. The molecule has 0 atom stereocenters. The molecule has 0 amide bonds. The Morgan fingerprint density at radius 1 is 0.344 bits per heavy atom. The number of hydrogen-bond donors (Lipinski definition) is 5. The second-order valence-electron chi connectivity index (χ2n) is 3.00. The first-order chi connectivity index (χ1) is 11.0. The average Bonchev–Trinajstić information content (AvgIpc) is 2.21. The van der Waals surface area contributed by atoms with Gasteiger partial charge in [-0.25, -0.2) is 0 Å². The van der Waals surface area contributed by atoms with Gasteiger partial charge in [-0.3, -0.25) is 4.98 Å². The van der Waals surface area contributed by atoms with Crippen molar-refractivity contribution in [2.75, 3.05) is 0 Å². The maximum atomic E-state index is 9.75. The summed E-state index contributed by atoms with van der Waals surface area (Å²) in [7, 11) is -24.0. The summed E-state index contributed by atoms with van der Waals surface area (Å²) in [5.74, 6) is 0. The summed E-state index contributed by atoms with van der Waals surface area (Å²) >= 11 is 0. The van der Waals surface area contributed by atoms with Gasteiger partial charge in [-0.05, 0) is 12.1 Å². The number of halogens is 16. The molecule has 0 spiro atoms. The fraction of sp³-hybridized carbons (Fsp3) is 0. The van der Waals surface area contributed by atoms with E-state index in [-0.39, 0.29) is 50.2 Å². The Labute approximate surface area is 184 Å². The summed E-state index contributed by atoms with van der Waals surface area (Å²) in [4.78, 5) is 3.78. The number of hydrogen-bond acceptors (Lipinski definition) is 6. The van der Waals surface area contributed by atoms with Crippen molar-refractivity contribution < 1.29 is 88.5 Å². The third-order valence-corrected chi connectivity index (χ3v) is 0.566. The maximum absolute atomic E-state index is 9.75. The Hall–Kier alpha value is -1.29. The van der Waals surface area contributed by atoms with Crippen molar-refractivity contribution in [1.82, 2.24) is 35.7 Å². The topological polar surface area (TPSA) is 188 Å². The van der Waals surface area contributed by atoms with Crippen LogP contribution >= 0.6 is 0 Å². The maximum Gasteiger partial charge on any atom is 0.673 e. The van der Waals surface area contributed by atoms with E-state index in [9.17, 15) is 69.1 Å². The van der Waals surface area contributed by atoms with Crippen LogP contribution in [-0.4, -0.2) is 34.0 Å². The SMILES string of the molecule is F[B-](F)(F)F.F[B-](F)(F)F.F[B-](F)(F)F.F[B-](F)(F)F.N.N.N.N.N.[Ru].c1ccncc1. The van der Waals surface area contributed by atoms with Gasteiger partial charge in [-0.1, -0.05) is 6.07 Å². The molecule has 0 bridgehead atoms. The minimum Gasteiger partial charge on any atom is -0.418 e. The van der Waals surface area contributed by atoms with Crippen molar-refractivity contribution in [3.8, 4) is 0 Å². The van der Waals surface area contributed by atoms with Crippen molar-refractivity contribution >= 4 is 29.0 Å². The normalized spacial score (nSPS) is 9.00. The quantitative estimate of drug-likeness (QED) is 0.154. The van der Waals surface area contributed by atoms with Crippen LogP contribution in [0.2, 0.25) is 0 Å². The Bertz CT molecular complexity index is 320. The first-order valence-electron chi connectivity index (χ1n) is 5.34. The van der Waals surface area contributed by atoms with Gasteiger partial charge in [-0.15, -0.1) is 0 Å². The van der Waals surface area contributed by atoms with Crippen molar-refractivity contribution in [2.45, 2.75) is 0 Å². The minimum atomic E-state index is -6.00. The molecular formula is C5H20B4F16N6Ru-4. The number of rotatable bonds is 0. The smallest absolute Gasteiger partial charge is 0.418 e. The average molecular weight is 613 g/mol. The molecule has 1 heterocycles. The zero-order valence-corrected chi connectivity index (χ0v) is 17.3. The van der Waals surface area contributed by atoms with Gasteiger partial charge in [0.1, 0.15) is 0 Å². The molecule has 0 aromatic carbocycles. The van der Waals surface area contributed by atoms with Crippen LogP contribution in [0.5, 0.6) is 0 Å². The second kappa shape index (κ2) is 29.7. The van der Waals surface area contributed by atoms with E-state index in [4.69, 9.17) is 0 Å². The van der Waals surface area contributed by atoms with E-state index in [2.05, 4.69) is 4.98 Å². The van der Waals surface area contributed by atoms with Gasteiger partial charge in [0.2, 0.25) is 0 Å². The third-order valence-electron chi connectivity index (χ3n) is 0.566. The first-order valence-corrected chi connectivity index (χ1v) is 5.34. The Morgan fingerprint density at radius 3 is 0.500 bits per heavy atom. The number of nitrogens with zero attached hydrogens (tertiary/aromatic N) is 1. The zero-order valence-electron chi connectivity index (χ0n) is 15.6. The van der Waals surface area contributed by atoms with Gasteiger partial charge in [0, 0.05) is 31.9 Å². The summed E-state index contributed by atoms with van der Waals surface area (Å²) in [5.41, 5.74) is 0. The van der Waals surface area contributed by atoms with Crippen molar-refractivity contribution in [1.29, 1.82) is 0 Å². The number of aromatic nitrogens is 1. The van der Waals surface area contributed by atoms with E-state index in [0.717, 1.165) is 0 Å². The summed E-state index contributed by atoms with van der Waals surface area (Å²) in [6.45, 7) is 0. The van der Waals surface area contributed by atoms with Gasteiger partial charge in [-0.2, -0.15) is 0 Å². The van der Waals surface area contributed by atoms with E-state index in [1.807, 2.05) is 18.2 Å². The van der Waals surface area contributed by atoms with Crippen molar-refractivity contribution in [3.63, 3.8) is 0 Å². The van der Waals surface area contributed by atoms with E-state index in [1.54, 1.807) is 12.4 Å². The molecule has 206 valence electrons. The molecule has 1 aromatic rings. The van der Waals surface area contributed by atoms with E-state index in [1.165, 1.54) is 0 Å². The molecule has 1 rings (SSSR count). The number of pyridine rings is 1. The molecule has 0 aliphatic rings.